The smallest absolute Gasteiger partial charge is 0.235 e. The highest BCUT2D eigenvalue weighted by molar-refractivity contribution is 8.03. The lowest BCUT2D eigenvalue weighted by Gasteiger charge is -2.03. The van der Waals surface area contributed by atoms with Crippen molar-refractivity contribution in [2.24, 2.45) is 11.5 Å². The zero-order chi connectivity index (χ0) is 10.6. The first kappa shape index (κ1) is 11.8. The van der Waals surface area contributed by atoms with Crippen molar-refractivity contribution in [2.45, 2.75) is 14.7 Å². The molecule has 14 heavy (non-hydrogen) atoms. The molecule has 8 heteroatoms. The number of nitrogens with two attached hydrogens (primary N) is 2. The third kappa shape index (κ3) is 3.45. The molecule has 1 heterocycles. The summed E-state index contributed by atoms with van der Waals surface area (Å²) in [7, 11) is 0. The van der Waals surface area contributed by atoms with Gasteiger partial charge in [0, 0.05) is 5.75 Å². The third-order valence-electron chi connectivity index (χ3n) is 1.31. The Hall–Kier alpha value is -0.310. The van der Waals surface area contributed by atoms with Crippen molar-refractivity contribution >= 4 is 40.8 Å². The van der Waals surface area contributed by atoms with Gasteiger partial charge in [-0.2, -0.15) is 0 Å². The molecule has 0 aliphatic carbocycles. The summed E-state index contributed by atoms with van der Waals surface area (Å²) in [5.41, 5.74) is 10.5. The summed E-state index contributed by atoms with van der Waals surface area (Å²) in [5.74, 6) is -0.0506. The Morgan fingerprint density at radius 1 is 1.57 bits per heavy atom. The van der Waals surface area contributed by atoms with E-state index in [1.165, 1.54) is 34.9 Å². The quantitative estimate of drug-likeness (QED) is 0.723. The van der Waals surface area contributed by atoms with E-state index in [0.717, 1.165) is 8.68 Å². The van der Waals surface area contributed by atoms with Crippen LogP contribution in [0.1, 0.15) is 0 Å². The molecule has 0 bridgehead atoms. The first-order valence-corrected chi connectivity index (χ1v) is 6.71. The highest BCUT2D eigenvalue weighted by Crippen LogP contribution is 2.27. The van der Waals surface area contributed by atoms with Crippen molar-refractivity contribution in [1.29, 1.82) is 0 Å². The monoisotopic (exact) mass is 250 g/mol. The summed E-state index contributed by atoms with van der Waals surface area (Å²) in [6.45, 7) is 0. The molecule has 0 aliphatic rings. The van der Waals surface area contributed by atoms with Gasteiger partial charge >= 0.3 is 0 Å². The number of hydrogen-bond donors (Lipinski definition) is 2. The fraction of sp³-hybridized carbons (Fsp3) is 0.500. The predicted octanol–water partition coefficient (Wildman–Crippen LogP) is 0.165. The lowest BCUT2D eigenvalue weighted by molar-refractivity contribution is -0.118. The second kappa shape index (κ2) is 5.54. The van der Waals surface area contributed by atoms with Crippen LogP contribution in [0.15, 0.2) is 8.68 Å². The van der Waals surface area contributed by atoms with E-state index in [1.807, 2.05) is 6.26 Å². The van der Waals surface area contributed by atoms with Gasteiger partial charge in [-0.25, -0.2) is 0 Å². The van der Waals surface area contributed by atoms with Gasteiger partial charge in [-0.05, 0) is 6.26 Å². The van der Waals surface area contributed by atoms with E-state index < -0.39 is 11.9 Å². The van der Waals surface area contributed by atoms with Crippen LogP contribution in [0.3, 0.4) is 0 Å². The third-order valence-corrected chi connectivity index (χ3v) is 4.47. The van der Waals surface area contributed by atoms with Crippen LogP contribution >= 0.6 is 34.9 Å². The predicted molar refractivity (Wildman–Crippen MR) is 59.6 cm³/mol. The lowest BCUT2D eigenvalue weighted by atomic mass is 10.3. The van der Waals surface area contributed by atoms with Gasteiger partial charge in [0.15, 0.2) is 8.68 Å². The number of aromatic nitrogens is 2. The molecule has 0 aromatic carbocycles. The zero-order valence-electron chi connectivity index (χ0n) is 7.47. The molecule has 0 aliphatic heterocycles. The van der Waals surface area contributed by atoms with E-state index in [4.69, 9.17) is 11.5 Å². The second-order valence-corrected chi connectivity index (χ2v) is 5.66. The number of carbonyl (C=O) groups is 1. The molecule has 1 atom stereocenters. The number of rotatable bonds is 5. The van der Waals surface area contributed by atoms with Gasteiger partial charge in [0.2, 0.25) is 5.91 Å². The number of amides is 1. The minimum absolute atomic E-state index is 0.443. The molecule has 1 rings (SSSR count). The molecule has 0 spiro atoms. The molecular formula is C6H10N4OS3. The van der Waals surface area contributed by atoms with Crippen molar-refractivity contribution in [2.75, 3.05) is 12.0 Å². The average Bonchev–Trinajstić information content (AvgIpc) is 2.61. The molecule has 0 fully saturated rings. The Balaban J connectivity index is 2.41. The van der Waals surface area contributed by atoms with Gasteiger partial charge in [-0.1, -0.05) is 34.9 Å². The highest BCUT2D eigenvalue weighted by Gasteiger charge is 2.11. The number of thioether (sulfide) groups is 2. The summed E-state index contributed by atoms with van der Waals surface area (Å²) >= 11 is 4.42. The number of carbonyl (C=O) groups excluding carboxylic acids is 1. The molecule has 5 nitrogen and oxygen atoms in total. The Labute approximate surface area is 94.0 Å². The minimum atomic E-state index is -0.623. The fourth-order valence-electron chi connectivity index (χ4n) is 0.581. The molecule has 0 saturated heterocycles. The Kier molecular flexibility index (Phi) is 4.66. The Morgan fingerprint density at radius 3 is 2.71 bits per heavy atom. The maximum absolute atomic E-state index is 10.6. The highest BCUT2D eigenvalue weighted by atomic mass is 32.2. The summed E-state index contributed by atoms with van der Waals surface area (Å²) < 4.78 is 1.71. The Bertz CT molecular complexity index is 316. The van der Waals surface area contributed by atoms with Crippen LogP contribution in [0.2, 0.25) is 0 Å². The summed E-state index contributed by atoms with van der Waals surface area (Å²) in [6, 6.07) is -0.623. The fourth-order valence-corrected chi connectivity index (χ4v) is 3.01. The summed E-state index contributed by atoms with van der Waals surface area (Å²) in [4.78, 5) is 10.6. The first-order chi connectivity index (χ1) is 6.63. The second-order valence-electron chi connectivity index (χ2n) is 2.36. The molecule has 4 N–H and O–H groups in total. The van der Waals surface area contributed by atoms with E-state index in [2.05, 4.69) is 10.2 Å². The van der Waals surface area contributed by atoms with E-state index >= 15 is 0 Å². The summed E-state index contributed by atoms with van der Waals surface area (Å²) in [6.07, 6.45) is 1.93. The van der Waals surface area contributed by atoms with Crippen molar-refractivity contribution < 1.29 is 4.79 Å². The van der Waals surface area contributed by atoms with E-state index in [0.29, 0.717) is 5.75 Å². The van der Waals surface area contributed by atoms with Gasteiger partial charge in [-0.3, -0.25) is 4.79 Å². The molecule has 0 radical (unpaired) electrons. The number of hydrogen-bond acceptors (Lipinski definition) is 7. The van der Waals surface area contributed by atoms with Gasteiger partial charge in [0.05, 0.1) is 6.04 Å². The van der Waals surface area contributed by atoms with Crippen molar-refractivity contribution in [3.63, 3.8) is 0 Å². The molecule has 1 unspecified atom stereocenters. The van der Waals surface area contributed by atoms with Crippen LogP contribution in [0, 0.1) is 0 Å². The van der Waals surface area contributed by atoms with E-state index in [1.54, 1.807) is 0 Å². The van der Waals surface area contributed by atoms with Crippen molar-refractivity contribution in [3.05, 3.63) is 0 Å². The van der Waals surface area contributed by atoms with Crippen LogP contribution in [0.4, 0.5) is 0 Å². The van der Waals surface area contributed by atoms with E-state index in [9.17, 15) is 4.79 Å². The van der Waals surface area contributed by atoms with Gasteiger partial charge in [0.1, 0.15) is 0 Å². The van der Waals surface area contributed by atoms with Gasteiger partial charge in [0.25, 0.3) is 0 Å². The molecular weight excluding hydrogens is 240 g/mol. The number of primary amides is 1. The zero-order valence-corrected chi connectivity index (χ0v) is 9.92. The van der Waals surface area contributed by atoms with Crippen LogP contribution in [-0.4, -0.2) is 34.2 Å². The van der Waals surface area contributed by atoms with Gasteiger partial charge < -0.3 is 11.5 Å². The Morgan fingerprint density at radius 2 is 2.21 bits per heavy atom. The lowest BCUT2D eigenvalue weighted by Crippen LogP contribution is -2.38. The molecule has 1 amide bonds. The summed E-state index contributed by atoms with van der Waals surface area (Å²) in [5, 5.41) is 7.83. The SMILES string of the molecule is CSc1nnc(SCC(N)C(N)=O)s1. The van der Waals surface area contributed by atoms with Crippen molar-refractivity contribution in [1.82, 2.24) is 10.2 Å². The topological polar surface area (TPSA) is 94.9 Å². The van der Waals surface area contributed by atoms with Gasteiger partial charge in [-0.15, -0.1) is 10.2 Å². The average molecular weight is 250 g/mol. The minimum Gasteiger partial charge on any atom is -0.368 e. The standard InChI is InChI=1S/C6H10N4OS3/c1-12-5-9-10-6(14-5)13-2-3(7)4(8)11/h3H,2,7H2,1H3,(H2,8,11). The molecule has 78 valence electrons. The first-order valence-electron chi connectivity index (χ1n) is 3.68. The maximum atomic E-state index is 10.6. The maximum Gasteiger partial charge on any atom is 0.235 e. The largest absolute Gasteiger partial charge is 0.368 e. The van der Waals surface area contributed by atoms with E-state index in [-0.39, 0.29) is 0 Å². The van der Waals surface area contributed by atoms with Crippen molar-refractivity contribution in [3.8, 4) is 0 Å². The normalized spacial score (nSPS) is 12.7. The van der Waals surface area contributed by atoms with Crippen LogP contribution in [0.25, 0.3) is 0 Å². The molecule has 1 aromatic rings. The van der Waals surface area contributed by atoms with Crippen LogP contribution in [0.5, 0.6) is 0 Å². The molecule has 0 saturated carbocycles. The van der Waals surface area contributed by atoms with Crippen LogP contribution in [-0.2, 0) is 4.79 Å². The number of nitrogens with zero attached hydrogens (tertiary/aromatic N) is 2. The van der Waals surface area contributed by atoms with Crippen LogP contribution < -0.4 is 11.5 Å². The molecule has 1 aromatic heterocycles.